The second-order valence-electron chi connectivity index (χ2n) is 5.66. The standard InChI is InChI=1S/C20H20N2O2/c1-3-24-18-9-7-17(8-10-18)19-11-12-20(23)22(21-19)14-16-6-4-5-15(2)13-16/h4-13H,3,14H2,1-2H3. The molecule has 3 rings (SSSR count). The van der Waals surface area contributed by atoms with E-state index in [1.807, 2.05) is 56.3 Å². The largest absolute Gasteiger partial charge is 0.494 e. The molecular weight excluding hydrogens is 300 g/mol. The average molecular weight is 320 g/mol. The summed E-state index contributed by atoms with van der Waals surface area (Å²) in [5.74, 6) is 0.828. The maximum Gasteiger partial charge on any atom is 0.267 e. The van der Waals surface area contributed by atoms with E-state index in [0.29, 0.717) is 13.2 Å². The molecule has 0 fully saturated rings. The molecule has 0 aliphatic rings. The molecule has 4 heteroatoms. The minimum Gasteiger partial charge on any atom is -0.494 e. The first-order valence-electron chi connectivity index (χ1n) is 8.02. The van der Waals surface area contributed by atoms with Gasteiger partial charge in [-0.1, -0.05) is 29.8 Å². The van der Waals surface area contributed by atoms with Crippen molar-refractivity contribution in [3.63, 3.8) is 0 Å². The minimum atomic E-state index is -0.105. The van der Waals surface area contributed by atoms with Crippen LogP contribution in [0.4, 0.5) is 0 Å². The van der Waals surface area contributed by atoms with Crippen LogP contribution in [0.15, 0.2) is 65.5 Å². The molecule has 0 radical (unpaired) electrons. The summed E-state index contributed by atoms with van der Waals surface area (Å²) in [6.45, 7) is 5.09. The predicted molar refractivity (Wildman–Crippen MR) is 95.4 cm³/mol. The van der Waals surface area contributed by atoms with Crippen LogP contribution in [0.3, 0.4) is 0 Å². The molecule has 0 saturated carbocycles. The van der Waals surface area contributed by atoms with Crippen molar-refractivity contribution >= 4 is 0 Å². The smallest absolute Gasteiger partial charge is 0.267 e. The first kappa shape index (κ1) is 16.0. The van der Waals surface area contributed by atoms with Crippen molar-refractivity contribution in [2.24, 2.45) is 0 Å². The van der Waals surface area contributed by atoms with Crippen LogP contribution in [0.25, 0.3) is 11.3 Å². The first-order chi connectivity index (χ1) is 11.7. The molecular formula is C20H20N2O2. The van der Waals surface area contributed by atoms with E-state index in [1.54, 1.807) is 12.1 Å². The van der Waals surface area contributed by atoms with Gasteiger partial charge in [-0.3, -0.25) is 4.79 Å². The molecule has 4 nitrogen and oxygen atoms in total. The lowest BCUT2D eigenvalue weighted by molar-refractivity contribution is 0.340. The number of benzene rings is 2. The van der Waals surface area contributed by atoms with Gasteiger partial charge in [0.05, 0.1) is 18.8 Å². The summed E-state index contributed by atoms with van der Waals surface area (Å²) >= 11 is 0. The van der Waals surface area contributed by atoms with Crippen LogP contribution in [0, 0.1) is 6.92 Å². The van der Waals surface area contributed by atoms with Crippen LogP contribution in [-0.2, 0) is 6.54 Å². The fourth-order valence-electron chi connectivity index (χ4n) is 2.59. The van der Waals surface area contributed by atoms with Crippen molar-refractivity contribution in [3.05, 3.63) is 82.1 Å². The Morgan fingerprint density at radius 3 is 2.54 bits per heavy atom. The molecule has 1 aromatic heterocycles. The molecule has 0 atom stereocenters. The van der Waals surface area contributed by atoms with Gasteiger partial charge in [0.25, 0.3) is 5.56 Å². The second-order valence-corrected chi connectivity index (χ2v) is 5.66. The molecule has 0 aliphatic heterocycles. The Morgan fingerprint density at radius 2 is 1.83 bits per heavy atom. The van der Waals surface area contributed by atoms with E-state index in [9.17, 15) is 4.79 Å². The highest BCUT2D eigenvalue weighted by Gasteiger charge is 2.05. The monoisotopic (exact) mass is 320 g/mol. The summed E-state index contributed by atoms with van der Waals surface area (Å²) in [5.41, 5.74) is 3.85. The van der Waals surface area contributed by atoms with Crippen molar-refractivity contribution in [2.75, 3.05) is 6.61 Å². The molecule has 24 heavy (non-hydrogen) atoms. The van der Waals surface area contributed by atoms with Gasteiger partial charge in [-0.05, 0) is 49.7 Å². The Kier molecular flexibility index (Phi) is 4.75. The summed E-state index contributed by atoms with van der Waals surface area (Å²) in [6, 6.07) is 19.2. The molecule has 0 saturated heterocycles. The van der Waals surface area contributed by atoms with Gasteiger partial charge in [-0.2, -0.15) is 5.10 Å². The molecule has 1 heterocycles. The van der Waals surface area contributed by atoms with E-state index in [-0.39, 0.29) is 5.56 Å². The third-order valence-electron chi connectivity index (χ3n) is 3.74. The molecule has 0 amide bonds. The van der Waals surface area contributed by atoms with Crippen LogP contribution in [-0.4, -0.2) is 16.4 Å². The second kappa shape index (κ2) is 7.13. The first-order valence-corrected chi connectivity index (χ1v) is 8.02. The summed E-state index contributed by atoms with van der Waals surface area (Å²) in [4.78, 5) is 12.1. The van der Waals surface area contributed by atoms with Crippen LogP contribution in [0.1, 0.15) is 18.1 Å². The Labute approximate surface area is 141 Å². The quantitative estimate of drug-likeness (QED) is 0.720. The van der Waals surface area contributed by atoms with Gasteiger partial charge in [0.1, 0.15) is 5.75 Å². The number of rotatable bonds is 5. The van der Waals surface area contributed by atoms with Crippen molar-refractivity contribution in [1.29, 1.82) is 0 Å². The summed E-state index contributed by atoms with van der Waals surface area (Å²) < 4.78 is 6.95. The number of aryl methyl sites for hydroxylation is 1. The molecule has 122 valence electrons. The zero-order chi connectivity index (χ0) is 16.9. The number of hydrogen-bond donors (Lipinski definition) is 0. The zero-order valence-electron chi connectivity index (χ0n) is 13.9. The van der Waals surface area contributed by atoms with E-state index >= 15 is 0 Å². The minimum absolute atomic E-state index is 0.105. The molecule has 3 aromatic rings. The van der Waals surface area contributed by atoms with E-state index in [1.165, 1.54) is 10.2 Å². The van der Waals surface area contributed by atoms with Gasteiger partial charge < -0.3 is 4.74 Å². The summed E-state index contributed by atoms with van der Waals surface area (Å²) in [7, 11) is 0. The average Bonchev–Trinajstić information content (AvgIpc) is 2.58. The van der Waals surface area contributed by atoms with Gasteiger partial charge in [-0.15, -0.1) is 0 Å². The zero-order valence-corrected chi connectivity index (χ0v) is 13.9. The van der Waals surface area contributed by atoms with Crippen molar-refractivity contribution in [2.45, 2.75) is 20.4 Å². The van der Waals surface area contributed by atoms with Crippen LogP contribution in [0.5, 0.6) is 5.75 Å². The van der Waals surface area contributed by atoms with Crippen molar-refractivity contribution in [1.82, 2.24) is 9.78 Å². The molecule has 0 N–H and O–H groups in total. The van der Waals surface area contributed by atoms with Gasteiger partial charge in [0.2, 0.25) is 0 Å². The molecule has 2 aromatic carbocycles. The normalized spacial score (nSPS) is 10.6. The SMILES string of the molecule is CCOc1ccc(-c2ccc(=O)n(Cc3cccc(C)c3)n2)cc1. The Balaban J connectivity index is 1.89. The molecule has 0 bridgehead atoms. The Morgan fingerprint density at radius 1 is 1.04 bits per heavy atom. The fourth-order valence-corrected chi connectivity index (χ4v) is 2.59. The van der Waals surface area contributed by atoms with Crippen molar-refractivity contribution < 1.29 is 4.74 Å². The summed E-state index contributed by atoms with van der Waals surface area (Å²) in [5, 5.41) is 4.51. The number of aromatic nitrogens is 2. The van der Waals surface area contributed by atoms with Crippen LogP contribution in [0.2, 0.25) is 0 Å². The number of hydrogen-bond acceptors (Lipinski definition) is 3. The van der Waals surface area contributed by atoms with Gasteiger partial charge in [-0.25, -0.2) is 4.68 Å². The highest BCUT2D eigenvalue weighted by Crippen LogP contribution is 2.20. The third kappa shape index (κ3) is 3.71. The van der Waals surface area contributed by atoms with E-state index < -0.39 is 0 Å². The summed E-state index contributed by atoms with van der Waals surface area (Å²) in [6.07, 6.45) is 0. The lowest BCUT2D eigenvalue weighted by Crippen LogP contribution is -2.22. The lowest BCUT2D eigenvalue weighted by Gasteiger charge is -2.09. The maximum absolute atomic E-state index is 12.1. The van der Waals surface area contributed by atoms with E-state index in [0.717, 1.165) is 22.6 Å². The van der Waals surface area contributed by atoms with Crippen LogP contribution < -0.4 is 10.3 Å². The van der Waals surface area contributed by atoms with Gasteiger partial charge >= 0.3 is 0 Å². The lowest BCUT2D eigenvalue weighted by atomic mass is 10.1. The van der Waals surface area contributed by atoms with E-state index in [2.05, 4.69) is 11.2 Å². The van der Waals surface area contributed by atoms with E-state index in [4.69, 9.17) is 4.74 Å². The topological polar surface area (TPSA) is 44.1 Å². The fraction of sp³-hybridized carbons (Fsp3) is 0.200. The Hall–Kier alpha value is -2.88. The molecule has 0 aliphatic carbocycles. The number of ether oxygens (including phenoxy) is 1. The third-order valence-corrected chi connectivity index (χ3v) is 3.74. The highest BCUT2D eigenvalue weighted by atomic mass is 16.5. The maximum atomic E-state index is 12.1. The Bertz CT molecular complexity index is 883. The molecule has 0 unspecified atom stereocenters. The van der Waals surface area contributed by atoms with Gasteiger partial charge in [0, 0.05) is 11.6 Å². The van der Waals surface area contributed by atoms with Crippen molar-refractivity contribution in [3.8, 4) is 17.0 Å². The predicted octanol–water partition coefficient (Wildman–Crippen LogP) is 3.67. The highest BCUT2D eigenvalue weighted by molar-refractivity contribution is 5.59. The molecule has 0 spiro atoms. The van der Waals surface area contributed by atoms with Crippen LogP contribution >= 0.6 is 0 Å². The number of nitrogens with zero attached hydrogens (tertiary/aromatic N) is 2. The van der Waals surface area contributed by atoms with Gasteiger partial charge in [0.15, 0.2) is 0 Å².